The second-order valence-corrected chi connectivity index (χ2v) is 17.4. The van der Waals surface area contributed by atoms with Gasteiger partial charge in [-0.1, -0.05) is 169 Å². The maximum absolute atomic E-state index is 8.97. The zero-order chi connectivity index (χ0) is 47.3. The van der Waals surface area contributed by atoms with Crippen LogP contribution in [0.15, 0.2) is 174 Å². The molecule has 10 aromatic rings. The van der Waals surface area contributed by atoms with Crippen molar-refractivity contribution in [2.75, 3.05) is 0 Å². The normalized spacial score (nSPS) is 13.0. The van der Waals surface area contributed by atoms with E-state index in [0.29, 0.717) is 5.56 Å². The summed E-state index contributed by atoms with van der Waals surface area (Å²) < 4.78 is 43.1. The first kappa shape index (κ1) is 39.2. The zero-order valence-electron chi connectivity index (χ0n) is 41.2. The monoisotopic (exact) mass is 1020 g/mol. The molecule has 0 amide bonds. The Morgan fingerprint density at radius 1 is 0.656 bits per heavy atom. The van der Waals surface area contributed by atoms with Crippen LogP contribution >= 0.6 is 0 Å². The molecule has 3 heterocycles. The molecule has 0 atom stereocenters. The van der Waals surface area contributed by atoms with Gasteiger partial charge in [0.25, 0.3) is 0 Å². The van der Waals surface area contributed by atoms with Crippen molar-refractivity contribution < 1.29 is 30.0 Å². The van der Waals surface area contributed by atoms with E-state index >= 15 is 0 Å². The van der Waals surface area contributed by atoms with Gasteiger partial charge in [0.05, 0.1) is 22.4 Å². The predicted octanol–water partition coefficient (Wildman–Crippen LogP) is 16.1. The van der Waals surface area contributed by atoms with Gasteiger partial charge in [0, 0.05) is 42.9 Å². The third kappa shape index (κ3) is 9.15. The molecule has 321 valence electrons. The number of pyridine rings is 1. The number of nitrogens with zero attached hydrogens (tertiary/aromatic N) is 3. The smallest absolute Gasteiger partial charge is 0.120 e. The summed E-state index contributed by atoms with van der Waals surface area (Å²) in [6, 6.07) is 60.7. The summed E-state index contributed by atoms with van der Waals surface area (Å²) in [5, 5.41) is 2.15. The van der Waals surface area contributed by atoms with Crippen molar-refractivity contribution in [3.8, 4) is 50.6 Å². The third-order valence-electron chi connectivity index (χ3n) is 11.1. The standard InChI is InChI=1S/C31H29N2.C28H24NO.Ir/c1-21(2)26-16-11-17-27(22(3)4)30(26)33-29-20-25(23-12-7-5-8-13-23)18-19-28(29)32-31(33)24-14-9-6-10-15-24;1-28(2,3)17-19-11-13-20(14-12-19)21-15-16-25(29-18-21)24-9-6-8-23-22-7-4-5-10-26(22)30-27(23)24;/h5-14,16-22H,1-4H3;4-8,10-16,18H,17H2,1-3H3;/q2*-1;/i21D,22D;17D2;. The SMILES string of the molecule is [2H]C(C)(C)c1cccc(C([2H])(C)C)c1-n1c(-c2[c-]cccc2)nc2ccc(-c3ccccc3)cc21.[2H]C([2H])(c1ccc(-c2ccc(-c3[c-]ccc4c3oc3ccccc34)nc2)cc1)C(C)(C)C.[Ir]. The van der Waals surface area contributed by atoms with Crippen LogP contribution in [0.25, 0.3) is 83.6 Å². The molecule has 0 spiro atoms. The largest absolute Gasteiger partial charge is 0.501 e. The molecule has 0 aliphatic carbocycles. The molecule has 1 radical (unpaired) electrons. The van der Waals surface area contributed by atoms with Crippen molar-refractivity contribution in [2.24, 2.45) is 5.41 Å². The van der Waals surface area contributed by atoms with E-state index in [2.05, 4.69) is 53.1 Å². The first-order chi connectivity index (χ1) is 31.9. The average molecular weight is 1020 g/mol. The number of hydrogen-bond donors (Lipinski definition) is 0. The summed E-state index contributed by atoms with van der Waals surface area (Å²) >= 11 is 0. The van der Waals surface area contributed by atoms with E-state index in [1.807, 2.05) is 182 Å². The molecule has 4 nitrogen and oxygen atoms in total. The van der Waals surface area contributed by atoms with Gasteiger partial charge in [-0.15, -0.1) is 54.1 Å². The predicted molar refractivity (Wildman–Crippen MR) is 263 cm³/mol. The molecule has 5 heteroatoms. The Morgan fingerprint density at radius 3 is 2.00 bits per heavy atom. The van der Waals surface area contributed by atoms with Crippen molar-refractivity contribution in [2.45, 2.75) is 66.6 Å². The van der Waals surface area contributed by atoms with Gasteiger partial charge in [-0.25, -0.2) is 0 Å². The Balaban J connectivity index is 0.000000182. The molecule has 0 saturated carbocycles. The minimum atomic E-state index is -1.41. The fraction of sp³-hybridized carbons (Fsp3) is 0.186. The molecule has 0 bridgehead atoms. The van der Waals surface area contributed by atoms with Crippen LogP contribution in [0.3, 0.4) is 0 Å². The second-order valence-electron chi connectivity index (χ2n) is 17.4. The van der Waals surface area contributed by atoms with Gasteiger partial charge in [-0.05, 0) is 86.4 Å². The van der Waals surface area contributed by atoms with Gasteiger partial charge in [0.2, 0.25) is 0 Å². The second kappa shape index (κ2) is 18.8. The summed E-state index contributed by atoms with van der Waals surface area (Å²) in [6.07, 6.45) is 0.437. The molecular weight excluding hydrogens is 959 g/mol. The average Bonchev–Trinajstić information content (AvgIpc) is 3.90. The van der Waals surface area contributed by atoms with Crippen molar-refractivity contribution >= 4 is 33.0 Å². The summed E-state index contributed by atoms with van der Waals surface area (Å²) in [5.74, 6) is -0.989. The fourth-order valence-corrected chi connectivity index (χ4v) is 8.19. The zero-order valence-corrected chi connectivity index (χ0v) is 39.6. The first-order valence-electron chi connectivity index (χ1n) is 23.5. The van der Waals surface area contributed by atoms with Gasteiger partial charge in [-0.2, -0.15) is 0 Å². The molecule has 0 aliphatic rings. The maximum atomic E-state index is 8.97. The van der Waals surface area contributed by atoms with E-state index < -0.39 is 23.6 Å². The minimum Gasteiger partial charge on any atom is -0.501 e. The molecule has 0 saturated heterocycles. The van der Waals surface area contributed by atoms with Crippen LogP contribution < -0.4 is 0 Å². The van der Waals surface area contributed by atoms with E-state index in [-0.39, 0.29) is 20.1 Å². The molecule has 0 N–H and O–H groups in total. The minimum absolute atomic E-state index is 0. The molecule has 3 aromatic heterocycles. The number of benzene rings is 7. The number of fused-ring (bicyclic) bond motifs is 4. The molecule has 64 heavy (non-hydrogen) atoms. The fourth-order valence-electron chi connectivity index (χ4n) is 8.19. The van der Waals surface area contributed by atoms with E-state index in [9.17, 15) is 0 Å². The summed E-state index contributed by atoms with van der Waals surface area (Å²) in [4.78, 5) is 9.74. The Bertz CT molecular complexity index is 3330. The van der Waals surface area contributed by atoms with E-state index in [0.717, 1.165) is 94.7 Å². The van der Waals surface area contributed by atoms with Crippen LogP contribution in [-0.2, 0) is 26.5 Å². The van der Waals surface area contributed by atoms with Crippen molar-refractivity contribution in [1.82, 2.24) is 14.5 Å². The van der Waals surface area contributed by atoms with E-state index in [4.69, 9.17) is 19.9 Å². The van der Waals surface area contributed by atoms with Crippen LogP contribution in [0.2, 0.25) is 0 Å². The topological polar surface area (TPSA) is 43.9 Å². The number of furan rings is 1. The first-order valence-corrected chi connectivity index (χ1v) is 21.5. The summed E-state index contributed by atoms with van der Waals surface area (Å²) in [5.41, 5.74) is 13.0. The Labute approximate surface area is 397 Å². The van der Waals surface area contributed by atoms with Gasteiger partial charge in [0.15, 0.2) is 0 Å². The number of imidazole rings is 1. The molecule has 0 aliphatic heterocycles. The molecule has 7 aromatic carbocycles. The van der Waals surface area contributed by atoms with Gasteiger partial charge in [0.1, 0.15) is 5.58 Å². The van der Waals surface area contributed by atoms with Crippen LogP contribution in [0.4, 0.5) is 0 Å². The van der Waals surface area contributed by atoms with Crippen molar-refractivity contribution in [3.63, 3.8) is 0 Å². The summed E-state index contributed by atoms with van der Waals surface area (Å²) in [7, 11) is 0. The van der Waals surface area contributed by atoms with Crippen molar-refractivity contribution in [3.05, 3.63) is 199 Å². The van der Waals surface area contributed by atoms with Gasteiger partial charge >= 0.3 is 0 Å². The Hall–Kier alpha value is -6.39. The van der Waals surface area contributed by atoms with Crippen molar-refractivity contribution in [1.29, 1.82) is 0 Å². The maximum Gasteiger partial charge on any atom is 0.120 e. The molecule has 0 unspecified atom stereocenters. The molecular formula is C59H53IrN3O-2. The van der Waals surface area contributed by atoms with Crippen LogP contribution in [-0.4, -0.2) is 14.5 Å². The number of rotatable bonds is 8. The van der Waals surface area contributed by atoms with Crippen LogP contribution in [0, 0.1) is 17.5 Å². The van der Waals surface area contributed by atoms with Crippen LogP contribution in [0.5, 0.6) is 0 Å². The van der Waals surface area contributed by atoms with E-state index in [1.54, 1.807) is 0 Å². The molecule has 0 fully saturated rings. The number of para-hydroxylation sites is 2. The van der Waals surface area contributed by atoms with Crippen LogP contribution in [0.1, 0.15) is 82.4 Å². The van der Waals surface area contributed by atoms with E-state index in [1.165, 1.54) is 0 Å². The quantitative estimate of drug-likeness (QED) is 0.142. The van der Waals surface area contributed by atoms with Gasteiger partial charge in [-0.3, -0.25) is 4.98 Å². The summed E-state index contributed by atoms with van der Waals surface area (Å²) in [6.45, 7) is 13.4. The van der Waals surface area contributed by atoms with Gasteiger partial charge < -0.3 is 14.0 Å². The molecule has 10 rings (SSSR count). The third-order valence-corrected chi connectivity index (χ3v) is 11.1. The Morgan fingerprint density at radius 2 is 1.33 bits per heavy atom. The number of aromatic nitrogens is 3. The Kier molecular flexibility index (Phi) is 11.5. The number of hydrogen-bond acceptors (Lipinski definition) is 3.